The lowest BCUT2D eigenvalue weighted by molar-refractivity contribution is 0.317. The van der Waals surface area contributed by atoms with Crippen molar-refractivity contribution < 1.29 is 4.74 Å². The van der Waals surface area contributed by atoms with Gasteiger partial charge < -0.3 is 15.0 Å². The molecule has 1 saturated heterocycles. The second kappa shape index (κ2) is 6.80. The van der Waals surface area contributed by atoms with Crippen molar-refractivity contribution in [1.29, 1.82) is 0 Å². The summed E-state index contributed by atoms with van der Waals surface area (Å²) in [5.41, 5.74) is 1.30. The average molecular weight is 262 g/mol. The van der Waals surface area contributed by atoms with E-state index in [-0.39, 0.29) is 0 Å². The number of anilines is 1. The van der Waals surface area contributed by atoms with Gasteiger partial charge in [-0.15, -0.1) is 0 Å². The molecule has 1 atom stereocenters. The van der Waals surface area contributed by atoms with Crippen LogP contribution in [0, 0.1) is 5.92 Å². The van der Waals surface area contributed by atoms with Gasteiger partial charge in [0.25, 0.3) is 0 Å². The van der Waals surface area contributed by atoms with Crippen LogP contribution in [0.15, 0.2) is 24.3 Å². The highest BCUT2D eigenvalue weighted by Gasteiger charge is 2.21. The highest BCUT2D eigenvalue weighted by atomic mass is 16.5. The molecule has 2 rings (SSSR count). The average Bonchev–Trinajstić information content (AvgIpc) is 2.46. The Labute approximate surface area is 116 Å². The Morgan fingerprint density at radius 2 is 2.05 bits per heavy atom. The first-order chi connectivity index (χ1) is 9.20. The fourth-order valence-corrected chi connectivity index (χ4v) is 2.43. The number of piperazine rings is 1. The van der Waals surface area contributed by atoms with Crippen LogP contribution in [-0.2, 0) is 0 Å². The van der Waals surface area contributed by atoms with E-state index in [9.17, 15) is 0 Å². The molecular formula is C16H26N2O. The van der Waals surface area contributed by atoms with Crippen molar-refractivity contribution in [3.05, 3.63) is 24.3 Å². The van der Waals surface area contributed by atoms with Gasteiger partial charge in [-0.05, 0) is 36.6 Å². The third kappa shape index (κ3) is 3.87. The van der Waals surface area contributed by atoms with E-state index in [1.807, 2.05) is 0 Å². The zero-order valence-corrected chi connectivity index (χ0v) is 12.4. The molecule has 1 aromatic carbocycles. The number of benzene rings is 1. The number of hydrogen-bond acceptors (Lipinski definition) is 3. The first-order valence-corrected chi connectivity index (χ1v) is 7.42. The largest absolute Gasteiger partial charge is 0.494 e. The Kier molecular flexibility index (Phi) is 5.08. The Hall–Kier alpha value is -1.22. The van der Waals surface area contributed by atoms with Crippen LogP contribution in [0.3, 0.4) is 0 Å². The van der Waals surface area contributed by atoms with Crippen molar-refractivity contribution in [1.82, 2.24) is 5.32 Å². The van der Waals surface area contributed by atoms with Crippen molar-refractivity contribution in [3.8, 4) is 5.75 Å². The van der Waals surface area contributed by atoms with Gasteiger partial charge in [-0.1, -0.05) is 20.8 Å². The molecule has 1 unspecified atom stereocenters. The molecule has 19 heavy (non-hydrogen) atoms. The summed E-state index contributed by atoms with van der Waals surface area (Å²) in [6.45, 7) is 10.7. The number of rotatable bonds is 5. The SMILES string of the molecule is CCCOc1ccc(N2CCNC(C(C)C)C2)cc1. The van der Waals surface area contributed by atoms with Gasteiger partial charge in [0.1, 0.15) is 5.75 Å². The molecule has 0 spiro atoms. The molecule has 0 amide bonds. The molecule has 1 N–H and O–H groups in total. The maximum Gasteiger partial charge on any atom is 0.119 e. The summed E-state index contributed by atoms with van der Waals surface area (Å²) >= 11 is 0. The van der Waals surface area contributed by atoms with Gasteiger partial charge in [-0.25, -0.2) is 0 Å². The van der Waals surface area contributed by atoms with E-state index in [1.54, 1.807) is 0 Å². The number of nitrogens with zero attached hydrogens (tertiary/aromatic N) is 1. The first kappa shape index (κ1) is 14.2. The second-order valence-corrected chi connectivity index (χ2v) is 5.59. The summed E-state index contributed by atoms with van der Waals surface area (Å²) in [6, 6.07) is 9.10. The molecular weight excluding hydrogens is 236 g/mol. The summed E-state index contributed by atoms with van der Waals surface area (Å²) in [7, 11) is 0. The molecule has 3 nitrogen and oxygen atoms in total. The van der Waals surface area contributed by atoms with Gasteiger partial charge in [-0.3, -0.25) is 0 Å². The Morgan fingerprint density at radius 1 is 1.32 bits per heavy atom. The van der Waals surface area contributed by atoms with Crippen molar-refractivity contribution in [3.63, 3.8) is 0 Å². The fourth-order valence-electron chi connectivity index (χ4n) is 2.43. The highest BCUT2D eigenvalue weighted by Crippen LogP contribution is 2.21. The Bertz CT molecular complexity index is 375. The lowest BCUT2D eigenvalue weighted by Crippen LogP contribution is -2.52. The van der Waals surface area contributed by atoms with Crippen LogP contribution in [0.5, 0.6) is 5.75 Å². The van der Waals surface area contributed by atoms with Crippen LogP contribution in [0.1, 0.15) is 27.2 Å². The molecule has 1 aliphatic rings. The van der Waals surface area contributed by atoms with Crippen molar-refractivity contribution in [2.24, 2.45) is 5.92 Å². The van der Waals surface area contributed by atoms with E-state index < -0.39 is 0 Å². The van der Waals surface area contributed by atoms with Gasteiger partial charge in [0.2, 0.25) is 0 Å². The van der Waals surface area contributed by atoms with Crippen LogP contribution < -0.4 is 15.0 Å². The summed E-state index contributed by atoms with van der Waals surface area (Å²) in [5.74, 6) is 1.65. The predicted octanol–water partition coefficient (Wildman–Crippen LogP) is 2.91. The van der Waals surface area contributed by atoms with Gasteiger partial charge >= 0.3 is 0 Å². The molecule has 0 radical (unpaired) electrons. The molecule has 106 valence electrons. The minimum absolute atomic E-state index is 0.588. The molecule has 1 aromatic rings. The van der Waals surface area contributed by atoms with Gasteiger partial charge in [0.05, 0.1) is 6.61 Å². The van der Waals surface area contributed by atoms with E-state index in [0.717, 1.165) is 38.4 Å². The van der Waals surface area contributed by atoms with Crippen LogP contribution in [-0.4, -0.2) is 32.3 Å². The molecule has 1 aliphatic heterocycles. The predicted molar refractivity (Wildman–Crippen MR) is 81.1 cm³/mol. The molecule has 3 heteroatoms. The van der Waals surface area contributed by atoms with Gasteiger partial charge in [-0.2, -0.15) is 0 Å². The summed E-state index contributed by atoms with van der Waals surface area (Å²) in [4.78, 5) is 2.46. The van der Waals surface area contributed by atoms with Crippen molar-refractivity contribution in [2.45, 2.75) is 33.2 Å². The first-order valence-electron chi connectivity index (χ1n) is 7.42. The number of ether oxygens (including phenoxy) is 1. The van der Waals surface area contributed by atoms with Crippen LogP contribution in [0.4, 0.5) is 5.69 Å². The molecule has 0 aliphatic carbocycles. The Morgan fingerprint density at radius 3 is 2.68 bits per heavy atom. The van der Waals surface area contributed by atoms with E-state index in [4.69, 9.17) is 4.74 Å². The molecule has 0 aromatic heterocycles. The maximum absolute atomic E-state index is 5.63. The third-order valence-electron chi connectivity index (χ3n) is 3.68. The lowest BCUT2D eigenvalue weighted by Gasteiger charge is -2.37. The Balaban J connectivity index is 1.97. The summed E-state index contributed by atoms with van der Waals surface area (Å²) < 4.78 is 5.63. The van der Waals surface area contributed by atoms with Gasteiger partial charge in [0, 0.05) is 31.4 Å². The zero-order valence-electron chi connectivity index (χ0n) is 12.4. The van der Waals surface area contributed by atoms with Crippen LogP contribution in [0.25, 0.3) is 0 Å². The summed E-state index contributed by atoms with van der Waals surface area (Å²) in [5, 5.41) is 3.59. The second-order valence-electron chi connectivity index (χ2n) is 5.59. The van der Waals surface area contributed by atoms with Gasteiger partial charge in [0.15, 0.2) is 0 Å². The minimum Gasteiger partial charge on any atom is -0.494 e. The van der Waals surface area contributed by atoms with Crippen molar-refractivity contribution in [2.75, 3.05) is 31.1 Å². The lowest BCUT2D eigenvalue weighted by atomic mass is 10.0. The van der Waals surface area contributed by atoms with Crippen LogP contribution in [0.2, 0.25) is 0 Å². The fraction of sp³-hybridized carbons (Fsp3) is 0.625. The highest BCUT2D eigenvalue weighted by molar-refractivity contribution is 5.49. The normalized spacial score (nSPS) is 19.8. The molecule has 1 fully saturated rings. The van der Waals surface area contributed by atoms with E-state index in [1.165, 1.54) is 5.69 Å². The smallest absolute Gasteiger partial charge is 0.119 e. The maximum atomic E-state index is 5.63. The van der Waals surface area contributed by atoms with E-state index >= 15 is 0 Å². The monoisotopic (exact) mass is 262 g/mol. The zero-order chi connectivity index (χ0) is 13.7. The van der Waals surface area contributed by atoms with E-state index in [2.05, 4.69) is 55.3 Å². The number of nitrogens with one attached hydrogen (secondary N) is 1. The molecule has 1 heterocycles. The van der Waals surface area contributed by atoms with Crippen LogP contribution >= 0.6 is 0 Å². The minimum atomic E-state index is 0.588. The standard InChI is InChI=1S/C16H26N2O/c1-4-11-19-15-7-5-14(6-8-15)18-10-9-17-16(12-18)13(2)3/h5-8,13,16-17H,4,9-12H2,1-3H3. The number of hydrogen-bond donors (Lipinski definition) is 1. The third-order valence-corrected chi connectivity index (χ3v) is 3.68. The quantitative estimate of drug-likeness (QED) is 0.883. The summed E-state index contributed by atoms with van der Waals surface area (Å²) in [6.07, 6.45) is 1.05. The van der Waals surface area contributed by atoms with E-state index in [0.29, 0.717) is 12.0 Å². The topological polar surface area (TPSA) is 24.5 Å². The molecule has 0 bridgehead atoms. The molecule has 0 saturated carbocycles. The van der Waals surface area contributed by atoms with Crippen molar-refractivity contribution >= 4 is 5.69 Å².